The van der Waals surface area contributed by atoms with Crippen molar-refractivity contribution in [1.29, 1.82) is 0 Å². The molecule has 23 heavy (non-hydrogen) atoms. The number of carbonyl (C=O) groups excluding carboxylic acids is 2. The average molecular weight is 323 g/mol. The van der Waals surface area contributed by atoms with Crippen molar-refractivity contribution in [3.63, 3.8) is 0 Å². The van der Waals surface area contributed by atoms with Gasteiger partial charge in [0.15, 0.2) is 5.78 Å². The Bertz CT molecular complexity index is 743. The first kappa shape index (κ1) is 19.6. The normalized spacial score (nSPS) is 10.2. The third kappa shape index (κ3) is 4.31. The quantitative estimate of drug-likeness (QED) is 0.518. The summed E-state index contributed by atoms with van der Waals surface area (Å²) in [6, 6.07) is 4.79. The zero-order valence-corrected chi connectivity index (χ0v) is 15.9. The fourth-order valence-corrected chi connectivity index (χ4v) is 2.39. The molecule has 116 valence electrons. The number of carboxylic acid groups (broad SMARTS) is 1. The van der Waals surface area contributed by atoms with Crippen molar-refractivity contribution in [2.75, 3.05) is 6.61 Å². The van der Waals surface area contributed by atoms with Crippen molar-refractivity contribution in [2.24, 2.45) is 0 Å². The van der Waals surface area contributed by atoms with Crippen LogP contribution in [0.25, 0.3) is 10.9 Å². The molecule has 0 spiro atoms. The number of carboxylic acids is 1. The van der Waals surface area contributed by atoms with Gasteiger partial charge in [-0.25, -0.2) is 4.98 Å². The van der Waals surface area contributed by atoms with Crippen LogP contribution in [-0.4, -0.2) is 23.3 Å². The molecular formula is C17H18NNaO4. The van der Waals surface area contributed by atoms with Crippen LogP contribution in [0.3, 0.4) is 0 Å². The third-order valence-corrected chi connectivity index (χ3v) is 3.40. The second-order valence-electron chi connectivity index (χ2n) is 5.08. The molecular weight excluding hydrogens is 305 g/mol. The summed E-state index contributed by atoms with van der Waals surface area (Å²) in [5.74, 6) is -0.891. The van der Waals surface area contributed by atoms with E-state index in [9.17, 15) is 14.7 Å². The Kier molecular flexibility index (Phi) is 7.19. The number of benzene rings is 1. The molecule has 0 aliphatic carbocycles. The van der Waals surface area contributed by atoms with E-state index in [-0.39, 0.29) is 41.0 Å². The van der Waals surface area contributed by atoms with E-state index < -0.39 is 5.97 Å². The molecule has 0 unspecified atom stereocenters. The van der Waals surface area contributed by atoms with Crippen LogP contribution in [0, 0.1) is 6.92 Å². The summed E-state index contributed by atoms with van der Waals surface area (Å²) in [6.45, 7) is 5.96. The van der Waals surface area contributed by atoms with Crippen molar-refractivity contribution >= 4 is 22.7 Å². The van der Waals surface area contributed by atoms with E-state index in [0.29, 0.717) is 35.2 Å². The van der Waals surface area contributed by atoms with Crippen LogP contribution in [0.2, 0.25) is 0 Å². The Balaban J connectivity index is 0.00000264. The molecule has 0 radical (unpaired) electrons. The molecule has 5 nitrogen and oxygen atoms in total. The molecule has 0 saturated carbocycles. The van der Waals surface area contributed by atoms with Gasteiger partial charge in [-0.2, -0.15) is 0 Å². The number of aryl methyl sites for hydroxylation is 1. The summed E-state index contributed by atoms with van der Waals surface area (Å²) in [7, 11) is 0. The number of Topliss-reactive ketones (excluding diaryl/α,β-unsaturated/α-hetero) is 1. The number of rotatable bonds is 6. The molecule has 1 heterocycles. The van der Waals surface area contributed by atoms with E-state index in [2.05, 4.69) is 4.98 Å². The fraction of sp³-hybridized carbons (Fsp3) is 0.353. The van der Waals surface area contributed by atoms with Crippen molar-refractivity contribution < 1.29 is 49.0 Å². The van der Waals surface area contributed by atoms with Crippen LogP contribution in [0.1, 0.15) is 53.1 Å². The minimum Gasteiger partial charge on any atom is -0.543 e. The van der Waals surface area contributed by atoms with Crippen molar-refractivity contribution in [2.45, 2.75) is 33.6 Å². The molecule has 0 bridgehead atoms. The van der Waals surface area contributed by atoms with Crippen molar-refractivity contribution in [1.82, 2.24) is 4.98 Å². The number of nitrogens with zero attached hydrogens (tertiary/aromatic N) is 1. The topological polar surface area (TPSA) is 79.3 Å². The summed E-state index contributed by atoms with van der Waals surface area (Å²) >= 11 is 0. The first-order chi connectivity index (χ1) is 10.5. The number of pyridine rings is 1. The Morgan fingerprint density at radius 3 is 2.48 bits per heavy atom. The Morgan fingerprint density at radius 1 is 1.22 bits per heavy atom. The summed E-state index contributed by atoms with van der Waals surface area (Å²) in [5.41, 5.74) is 1.70. The zero-order chi connectivity index (χ0) is 16.3. The van der Waals surface area contributed by atoms with E-state index in [1.165, 1.54) is 6.07 Å². The second-order valence-corrected chi connectivity index (χ2v) is 5.08. The summed E-state index contributed by atoms with van der Waals surface area (Å²) in [6.07, 6.45) is 1.25. The molecule has 0 aliphatic rings. The van der Waals surface area contributed by atoms with Gasteiger partial charge in [0.25, 0.3) is 0 Å². The first-order valence-corrected chi connectivity index (χ1v) is 7.30. The van der Waals surface area contributed by atoms with E-state index in [4.69, 9.17) is 4.74 Å². The van der Waals surface area contributed by atoms with Gasteiger partial charge in [-0.3, -0.25) is 4.79 Å². The number of hydrogen-bond acceptors (Lipinski definition) is 5. The zero-order valence-electron chi connectivity index (χ0n) is 13.9. The predicted octanol–water partition coefficient (Wildman–Crippen LogP) is -0.708. The number of carbonyl (C=O) groups is 2. The monoisotopic (exact) mass is 323 g/mol. The van der Waals surface area contributed by atoms with E-state index >= 15 is 0 Å². The van der Waals surface area contributed by atoms with Gasteiger partial charge in [-0.05, 0) is 38.0 Å². The van der Waals surface area contributed by atoms with Gasteiger partial charge < -0.3 is 14.6 Å². The second kappa shape index (κ2) is 8.43. The largest absolute Gasteiger partial charge is 1.00 e. The standard InChI is InChI=1S/C17H19NO4.Na/c1-4-6-15(19)11-8-12-13(7-10(11)3)18-14(17(20)21)9-16(12)22-5-2;/h7-9H,4-6H2,1-3H3,(H,20,21);/q;+1/p-1. The summed E-state index contributed by atoms with van der Waals surface area (Å²) in [5, 5.41) is 11.7. The Hall–Kier alpha value is -1.43. The molecule has 1 aromatic heterocycles. The molecule has 0 aliphatic heterocycles. The number of ketones is 1. The predicted molar refractivity (Wildman–Crippen MR) is 81.2 cm³/mol. The molecule has 0 N–H and O–H groups in total. The van der Waals surface area contributed by atoms with Gasteiger partial charge in [0.05, 0.1) is 23.8 Å². The van der Waals surface area contributed by atoms with Crippen LogP contribution in [0.4, 0.5) is 0 Å². The number of fused-ring (bicyclic) bond motifs is 1. The summed E-state index contributed by atoms with van der Waals surface area (Å²) in [4.78, 5) is 27.3. The molecule has 0 atom stereocenters. The van der Waals surface area contributed by atoms with Crippen molar-refractivity contribution in [3.05, 3.63) is 35.0 Å². The van der Waals surface area contributed by atoms with Crippen LogP contribution in [-0.2, 0) is 0 Å². The van der Waals surface area contributed by atoms with Crippen LogP contribution in [0.5, 0.6) is 5.75 Å². The summed E-state index contributed by atoms with van der Waals surface area (Å²) < 4.78 is 5.50. The van der Waals surface area contributed by atoms with Gasteiger partial charge in [-0.1, -0.05) is 6.92 Å². The van der Waals surface area contributed by atoms with Crippen LogP contribution in [0.15, 0.2) is 18.2 Å². The van der Waals surface area contributed by atoms with Gasteiger partial charge in [0.2, 0.25) is 0 Å². The fourth-order valence-electron chi connectivity index (χ4n) is 2.39. The molecule has 2 rings (SSSR count). The molecule has 1 aromatic carbocycles. The number of aromatic nitrogens is 1. The number of aromatic carboxylic acids is 1. The maximum Gasteiger partial charge on any atom is 1.00 e. The number of ether oxygens (including phenoxy) is 1. The average Bonchev–Trinajstić information content (AvgIpc) is 2.46. The number of hydrogen-bond donors (Lipinski definition) is 0. The third-order valence-electron chi connectivity index (χ3n) is 3.40. The van der Waals surface area contributed by atoms with E-state index in [1.54, 1.807) is 12.1 Å². The minimum absolute atomic E-state index is 0. The van der Waals surface area contributed by atoms with E-state index in [0.717, 1.165) is 12.0 Å². The Morgan fingerprint density at radius 2 is 1.91 bits per heavy atom. The SMILES string of the molecule is CCCC(=O)c1cc2c(OCC)cc(C(=O)[O-])nc2cc1C.[Na+]. The van der Waals surface area contributed by atoms with Crippen LogP contribution >= 0.6 is 0 Å². The van der Waals surface area contributed by atoms with Gasteiger partial charge in [0.1, 0.15) is 5.75 Å². The Labute approximate surface area is 157 Å². The minimum atomic E-state index is -1.35. The van der Waals surface area contributed by atoms with Crippen molar-refractivity contribution in [3.8, 4) is 5.75 Å². The maximum absolute atomic E-state index is 12.2. The van der Waals surface area contributed by atoms with Gasteiger partial charge >= 0.3 is 29.6 Å². The smallest absolute Gasteiger partial charge is 0.543 e. The molecule has 0 saturated heterocycles. The van der Waals surface area contributed by atoms with Gasteiger partial charge in [-0.15, -0.1) is 0 Å². The maximum atomic E-state index is 12.2. The molecule has 6 heteroatoms. The molecule has 2 aromatic rings. The molecule has 0 amide bonds. The molecule has 0 fully saturated rings. The first-order valence-electron chi connectivity index (χ1n) is 7.30. The van der Waals surface area contributed by atoms with Gasteiger partial charge in [0, 0.05) is 23.4 Å². The van der Waals surface area contributed by atoms with Crippen LogP contribution < -0.4 is 39.4 Å². The van der Waals surface area contributed by atoms with E-state index in [1.807, 2.05) is 20.8 Å².